The highest BCUT2D eigenvalue weighted by Gasteiger charge is 2.43. The number of amides is 1. The Morgan fingerprint density at radius 3 is 2.74 bits per heavy atom. The molecule has 1 unspecified atom stereocenters. The predicted molar refractivity (Wildman–Crippen MR) is 109 cm³/mol. The monoisotopic (exact) mass is 408 g/mol. The highest BCUT2D eigenvalue weighted by molar-refractivity contribution is 6.44. The third-order valence-electron chi connectivity index (χ3n) is 5.44. The Morgan fingerprint density at radius 1 is 1.30 bits per heavy atom. The van der Waals surface area contributed by atoms with Crippen molar-refractivity contribution in [3.63, 3.8) is 0 Å². The zero-order valence-electron chi connectivity index (χ0n) is 15.4. The number of nitrogens with zero attached hydrogens (tertiary/aromatic N) is 1. The number of rotatable bonds is 6. The number of benzene rings is 2. The molecule has 0 aromatic heterocycles. The first-order valence-electron chi connectivity index (χ1n) is 9.06. The van der Waals surface area contributed by atoms with Crippen LogP contribution < -0.4 is 10.2 Å². The zero-order valence-corrected chi connectivity index (χ0v) is 16.9. The van der Waals surface area contributed by atoms with Crippen molar-refractivity contribution in [2.24, 2.45) is 0 Å². The van der Waals surface area contributed by atoms with Gasteiger partial charge in [0.15, 0.2) is 0 Å². The third kappa shape index (κ3) is 3.84. The minimum Gasteiger partial charge on any atom is -0.320 e. The lowest BCUT2D eigenvalue weighted by Gasteiger charge is -2.29. The molecule has 0 saturated carbocycles. The fourth-order valence-electron chi connectivity index (χ4n) is 3.84. The van der Waals surface area contributed by atoms with Crippen molar-refractivity contribution in [2.75, 3.05) is 25.0 Å². The number of nitrogens with one attached hydrogen (secondary N) is 1. The van der Waals surface area contributed by atoms with Gasteiger partial charge in [-0.2, -0.15) is 0 Å². The lowest BCUT2D eigenvalue weighted by Crippen LogP contribution is -2.38. The second-order valence-corrected chi connectivity index (χ2v) is 8.06. The van der Waals surface area contributed by atoms with Crippen molar-refractivity contribution in [3.05, 3.63) is 65.0 Å². The van der Waals surface area contributed by atoms with Crippen LogP contribution in [0.15, 0.2) is 42.5 Å². The van der Waals surface area contributed by atoms with Gasteiger partial charge in [0.25, 0.3) is 5.91 Å². The van der Waals surface area contributed by atoms with Crippen LogP contribution in [-0.4, -0.2) is 26.0 Å². The molecule has 1 N–H and O–H groups in total. The Morgan fingerprint density at radius 2 is 2.07 bits per heavy atom. The maximum atomic E-state index is 14.0. The summed E-state index contributed by atoms with van der Waals surface area (Å²) >= 11 is 11.9. The topological polar surface area (TPSA) is 32.3 Å². The van der Waals surface area contributed by atoms with E-state index in [-0.39, 0.29) is 17.1 Å². The highest BCUT2D eigenvalue weighted by Crippen LogP contribution is 2.46. The quantitative estimate of drug-likeness (QED) is 0.664. The zero-order chi connectivity index (χ0) is 19.6. The maximum absolute atomic E-state index is 14.0. The molecule has 0 aliphatic carbocycles. The summed E-state index contributed by atoms with van der Waals surface area (Å²) in [6.45, 7) is 3.41. The number of carbonyl (C=O) groups excluding carboxylic acids is 1. The highest BCUT2D eigenvalue weighted by atomic mass is 35.5. The van der Waals surface area contributed by atoms with E-state index in [0.717, 1.165) is 30.6 Å². The molecular weight excluding hydrogens is 386 g/mol. The largest absolute Gasteiger partial charge is 0.320 e. The van der Waals surface area contributed by atoms with Crippen LogP contribution in [0.5, 0.6) is 0 Å². The summed E-state index contributed by atoms with van der Waals surface area (Å²) in [5.41, 5.74) is 2.61. The molecule has 3 rings (SSSR count). The summed E-state index contributed by atoms with van der Waals surface area (Å²) in [5, 5.41) is 3.17. The number of hydrogen-bond donors (Lipinski definition) is 1. The van der Waals surface area contributed by atoms with E-state index >= 15 is 0 Å². The lowest BCUT2D eigenvalue weighted by atomic mass is 9.77. The molecule has 0 bridgehead atoms. The van der Waals surface area contributed by atoms with E-state index in [0.29, 0.717) is 17.7 Å². The van der Waals surface area contributed by atoms with Crippen molar-refractivity contribution in [1.29, 1.82) is 0 Å². The standard InChI is InChI=1S/C21H23Cl2FN2O/c1-3-21(9-10-25-2)13-26(18-8-7-16(24)12-17(18)21)20(27)15-6-4-5-14(11-15)19(22)23/h4-8,11-12,19,25H,3,9-10,13H2,1-2H3. The first-order valence-corrected chi connectivity index (χ1v) is 9.94. The van der Waals surface area contributed by atoms with Gasteiger partial charge >= 0.3 is 0 Å². The van der Waals surface area contributed by atoms with E-state index in [1.165, 1.54) is 6.07 Å². The Labute approximate surface area is 169 Å². The first kappa shape index (κ1) is 20.1. The fourth-order valence-corrected chi connectivity index (χ4v) is 4.11. The molecule has 0 spiro atoms. The van der Waals surface area contributed by atoms with Crippen molar-refractivity contribution >= 4 is 34.8 Å². The molecule has 2 aromatic rings. The van der Waals surface area contributed by atoms with Gasteiger partial charge in [0.2, 0.25) is 0 Å². The van der Waals surface area contributed by atoms with Gasteiger partial charge in [-0.1, -0.05) is 19.1 Å². The van der Waals surface area contributed by atoms with E-state index in [4.69, 9.17) is 23.2 Å². The summed E-state index contributed by atoms with van der Waals surface area (Å²) < 4.78 is 14.0. The average molecular weight is 409 g/mol. The van der Waals surface area contributed by atoms with E-state index in [2.05, 4.69) is 12.2 Å². The molecule has 1 heterocycles. The van der Waals surface area contributed by atoms with Crippen LogP contribution in [0, 0.1) is 5.82 Å². The van der Waals surface area contributed by atoms with Crippen LogP contribution >= 0.6 is 23.2 Å². The van der Waals surface area contributed by atoms with Crippen LogP contribution in [0.2, 0.25) is 0 Å². The van der Waals surface area contributed by atoms with Crippen LogP contribution in [0.25, 0.3) is 0 Å². The van der Waals surface area contributed by atoms with Crippen molar-refractivity contribution in [2.45, 2.75) is 30.0 Å². The Hall–Kier alpha value is -1.62. The number of halogens is 3. The van der Waals surface area contributed by atoms with E-state index in [1.54, 1.807) is 41.3 Å². The van der Waals surface area contributed by atoms with Crippen LogP contribution in [-0.2, 0) is 5.41 Å². The van der Waals surface area contributed by atoms with Gasteiger partial charge in [-0.05, 0) is 67.9 Å². The molecule has 1 amide bonds. The molecule has 27 heavy (non-hydrogen) atoms. The predicted octanol–water partition coefficient (Wildman–Crippen LogP) is 5.22. The summed E-state index contributed by atoms with van der Waals surface area (Å²) in [6.07, 6.45) is 1.64. The van der Waals surface area contributed by atoms with Gasteiger partial charge in [-0.25, -0.2) is 4.39 Å². The number of alkyl halides is 2. The molecule has 2 aromatic carbocycles. The van der Waals surface area contributed by atoms with Gasteiger partial charge in [-0.3, -0.25) is 4.79 Å². The van der Waals surface area contributed by atoms with Crippen LogP contribution in [0.1, 0.15) is 46.1 Å². The van der Waals surface area contributed by atoms with Crippen molar-refractivity contribution in [1.82, 2.24) is 5.32 Å². The Bertz CT molecular complexity index is 843. The van der Waals surface area contributed by atoms with Gasteiger partial charge in [-0.15, -0.1) is 23.2 Å². The molecule has 0 fully saturated rings. The van der Waals surface area contributed by atoms with Gasteiger partial charge in [0, 0.05) is 23.2 Å². The van der Waals surface area contributed by atoms with Crippen molar-refractivity contribution < 1.29 is 9.18 Å². The Balaban J connectivity index is 2.02. The normalized spacial score (nSPS) is 18.8. The molecule has 6 heteroatoms. The first-order chi connectivity index (χ1) is 12.9. The second kappa shape index (κ2) is 8.17. The van der Waals surface area contributed by atoms with E-state index in [9.17, 15) is 9.18 Å². The van der Waals surface area contributed by atoms with Crippen LogP contribution in [0.4, 0.5) is 10.1 Å². The lowest BCUT2D eigenvalue weighted by molar-refractivity contribution is 0.0984. The molecular formula is C21H23Cl2FN2O. The number of hydrogen-bond acceptors (Lipinski definition) is 2. The molecule has 0 radical (unpaired) electrons. The van der Waals surface area contributed by atoms with Crippen molar-refractivity contribution in [3.8, 4) is 0 Å². The van der Waals surface area contributed by atoms with Crippen LogP contribution in [0.3, 0.4) is 0 Å². The molecule has 1 aliphatic heterocycles. The molecule has 144 valence electrons. The van der Waals surface area contributed by atoms with E-state index < -0.39 is 4.84 Å². The van der Waals surface area contributed by atoms with E-state index in [1.807, 2.05) is 7.05 Å². The Kier molecular flexibility index (Phi) is 6.09. The molecule has 0 saturated heterocycles. The molecule has 1 atom stereocenters. The minimum absolute atomic E-state index is 0.126. The molecule has 3 nitrogen and oxygen atoms in total. The number of anilines is 1. The van der Waals surface area contributed by atoms with Gasteiger partial charge in [0.1, 0.15) is 10.7 Å². The second-order valence-electron chi connectivity index (χ2n) is 6.97. The molecule has 1 aliphatic rings. The summed E-state index contributed by atoms with van der Waals surface area (Å²) in [6, 6.07) is 11.7. The van der Waals surface area contributed by atoms with Gasteiger partial charge in [0.05, 0.1) is 0 Å². The SMILES string of the molecule is CCC1(CCNC)CN(C(=O)c2cccc(C(Cl)Cl)c2)c2ccc(F)cc21. The average Bonchev–Trinajstić information content (AvgIpc) is 3.00. The number of carbonyl (C=O) groups is 1. The summed E-state index contributed by atoms with van der Waals surface area (Å²) in [7, 11) is 1.90. The number of fused-ring (bicyclic) bond motifs is 1. The third-order valence-corrected chi connectivity index (χ3v) is 5.95. The van der Waals surface area contributed by atoms with Gasteiger partial charge < -0.3 is 10.2 Å². The summed E-state index contributed by atoms with van der Waals surface area (Å²) in [4.78, 5) is 14.3. The minimum atomic E-state index is -0.692. The maximum Gasteiger partial charge on any atom is 0.258 e. The summed E-state index contributed by atoms with van der Waals surface area (Å²) in [5.74, 6) is -0.405. The smallest absolute Gasteiger partial charge is 0.258 e. The fraction of sp³-hybridized carbons (Fsp3) is 0.381.